The van der Waals surface area contributed by atoms with Crippen LogP contribution in [0.4, 0.5) is 0 Å². The maximum atomic E-state index is 12.3. The first-order chi connectivity index (χ1) is 18.8. The van der Waals surface area contributed by atoms with E-state index in [1.54, 1.807) is 6.26 Å². The molecule has 240 valence electrons. The molecule has 0 saturated heterocycles. The summed E-state index contributed by atoms with van der Waals surface area (Å²) in [6, 6.07) is 1.04. The molecule has 0 spiro atoms. The number of hydrogen-bond acceptors (Lipinski definition) is 6. The zero-order valence-electron chi connectivity index (χ0n) is 27.2. The van der Waals surface area contributed by atoms with E-state index in [0.717, 1.165) is 18.9 Å². The maximum Gasteiger partial charge on any atom is 0.472 e. The van der Waals surface area contributed by atoms with Crippen molar-refractivity contribution in [3.8, 4) is 0 Å². The van der Waals surface area contributed by atoms with Crippen molar-refractivity contribution in [2.75, 3.05) is 60.9 Å². The molecule has 10 heteroatoms. The normalized spacial score (nSPS) is 15.0. The summed E-state index contributed by atoms with van der Waals surface area (Å²) in [5.41, 5.74) is 0. The molecule has 0 fully saturated rings. The summed E-state index contributed by atoms with van der Waals surface area (Å²) < 4.78 is 40.3. The van der Waals surface area contributed by atoms with Gasteiger partial charge in [0.05, 0.1) is 34.0 Å². The molecule has 0 rings (SSSR count). The van der Waals surface area contributed by atoms with Crippen LogP contribution in [0.25, 0.3) is 0 Å². The van der Waals surface area contributed by atoms with Gasteiger partial charge in [-0.05, 0) is 25.0 Å². The Bertz CT molecular complexity index is 653. The number of hydrogen-bond donors (Lipinski definition) is 1. The zero-order chi connectivity index (χ0) is 30.2. The minimum absolute atomic E-state index is 0.0858. The van der Waals surface area contributed by atoms with Gasteiger partial charge in [0.1, 0.15) is 32.7 Å². The van der Waals surface area contributed by atoms with E-state index in [-0.39, 0.29) is 26.6 Å². The van der Waals surface area contributed by atoms with E-state index >= 15 is 0 Å². The first kappa shape index (κ1) is 39.7. The minimum atomic E-state index is -4.17. The Morgan fingerprint density at radius 3 is 1.95 bits per heavy atom. The first-order valence-electron chi connectivity index (χ1n) is 15.7. The van der Waals surface area contributed by atoms with Crippen LogP contribution in [0.5, 0.6) is 0 Å². The second-order valence-electron chi connectivity index (χ2n) is 13.1. The van der Waals surface area contributed by atoms with Crippen molar-refractivity contribution in [1.82, 2.24) is 0 Å². The number of likely N-dealkylation sites (N-methyl/N-ethyl adjacent to an activating group) is 1. The molecular weight excluding hydrogens is 545 g/mol. The summed E-state index contributed by atoms with van der Waals surface area (Å²) in [7, 11) is 0.604. The Balaban J connectivity index is 4.19. The number of quaternary nitrogens is 1. The monoisotopic (exact) mass is 610 g/mol. The summed E-state index contributed by atoms with van der Waals surface area (Å²) in [6.45, 7) is 10.7. The van der Waals surface area contributed by atoms with Crippen LogP contribution in [0, 0.1) is 0 Å². The molecule has 0 saturated carbocycles. The van der Waals surface area contributed by atoms with Gasteiger partial charge in [-0.3, -0.25) is 9.05 Å². The highest BCUT2D eigenvalue weighted by Gasteiger charge is 2.25. The smallest absolute Gasteiger partial charge is 0.472 e. The Labute approximate surface area is 248 Å². The number of rotatable bonds is 29. The topological polar surface area (TPSA) is 83.5 Å². The van der Waals surface area contributed by atoms with Crippen molar-refractivity contribution >= 4 is 15.9 Å². The van der Waals surface area contributed by atoms with Crippen molar-refractivity contribution in [2.45, 2.75) is 122 Å². The number of nitrogens with zero attached hydrogens (tertiary/aromatic N) is 1. The van der Waals surface area contributed by atoms with Crippen LogP contribution in [0.2, 0.25) is 25.7 Å². The van der Waals surface area contributed by atoms with Crippen molar-refractivity contribution in [2.24, 2.45) is 0 Å². The molecule has 0 heterocycles. The molecule has 40 heavy (non-hydrogen) atoms. The van der Waals surface area contributed by atoms with E-state index in [2.05, 4.69) is 26.6 Å². The highest BCUT2D eigenvalue weighted by molar-refractivity contribution is 7.47. The van der Waals surface area contributed by atoms with Crippen molar-refractivity contribution < 1.29 is 37.2 Å². The fourth-order valence-corrected chi connectivity index (χ4v) is 5.27. The molecule has 0 aromatic heterocycles. The number of allylic oxidation sites excluding steroid dienone is 1. The van der Waals surface area contributed by atoms with Crippen LogP contribution in [0.1, 0.15) is 90.4 Å². The molecule has 0 aliphatic heterocycles. The number of phosphoric acid groups is 1. The lowest BCUT2D eigenvalue weighted by atomic mass is 10.0. The summed E-state index contributed by atoms with van der Waals surface area (Å²) >= 11 is 0. The van der Waals surface area contributed by atoms with Gasteiger partial charge in [0.15, 0.2) is 0 Å². The van der Waals surface area contributed by atoms with E-state index in [1.807, 2.05) is 27.2 Å². The van der Waals surface area contributed by atoms with Crippen LogP contribution in [0.15, 0.2) is 12.3 Å². The van der Waals surface area contributed by atoms with Gasteiger partial charge in [0.25, 0.3) is 0 Å². The predicted molar refractivity (Wildman–Crippen MR) is 169 cm³/mol. The zero-order valence-corrected chi connectivity index (χ0v) is 29.1. The van der Waals surface area contributed by atoms with E-state index in [1.165, 1.54) is 70.6 Å². The van der Waals surface area contributed by atoms with E-state index < -0.39 is 22.0 Å². The highest BCUT2D eigenvalue weighted by atomic mass is 31.2. The van der Waals surface area contributed by atoms with Gasteiger partial charge < -0.3 is 23.6 Å². The van der Waals surface area contributed by atoms with Crippen LogP contribution < -0.4 is 0 Å². The molecular formula is C30H65NO7PSi+. The lowest BCUT2D eigenvalue weighted by molar-refractivity contribution is -0.870. The van der Waals surface area contributed by atoms with Gasteiger partial charge >= 0.3 is 7.82 Å². The largest absolute Gasteiger partial charge is 0.499 e. The van der Waals surface area contributed by atoms with E-state index in [9.17, 15) is 9.46 Å². The maximum absolute atomic E-state index is 12.3. The van der Waals surface area contributed by atoms with Gasteiger partial charge in [-0.2, -0.15) is 0 Å². The van der Waals surface area contributed by atoms with Crippen LogP contribution in [-0.2, 0) is 27.8 Å². The molecule has 0 bridgehead atoms. The van der Waals surface area contributed by atoms with Crippen molar-refractivity contribution in [1.29, 1.82) is 0 Å². The van der Waals surface area contributed by atoms with E-state index in [4.69, 9.17) is 23.3 Å². The molecule has 1 unspecified atom stereocenters. The Kier molecular flexibility index (Phi) is 24.1. The Morgan fingerprint density at radius 1 is 0.825 bits per heavy atom. The van der Waals surface area contributed by atoms with Crippen LogP contribution in [-0.4, -0.2) is 84.5 Å². The summed E-state index contributed by atoms with van der Waals surface area (Å²) in [6.07, 6.45) is 20.2. The summed E-state index contributed by atoms with van der Waals surface area (Å²) in [5.74, 6) is 0. The molecule has 0 amide bonds. The van der Waals surface area contributed by atoms with Gasteiger partial charge in [0, 0.05) is 14.7 Å². The summed E-state index contributed by atoms with van der Waals surface area (Å²) in [4.78, 5) is 10.0. The van der Waals surface area contributed by atoms with Crippen molar-refractivity contribution in [3.05, 3.63) is 12.3 Å². The predicted octanol–water partition coefficient (Wildman–Crippen LogP) is 8.15. The highest BCUT2D eigenvalue weighted by Crippen LogP contribution is 2.43. The fraction of sp³-hybridized carbons (Fsp3) is 0.933. The Morgan fingerprint density at radius 2 is 1.40 bits per heavy atom. The quantitative estimate of drug-likeness (QED) is 0.0229. The standard InChI is InChI=1S/C30H64NO7PSi/c1-8-9-10-11-12-13-14-15-16-17-18-19-20-21-23-34-27-30(36-29-35-25-26-40(5,6)7)28-38-39(32,33)37-24-22-31(2,3)4/h21,23,30H,8-20,22,24-29H2,1-7H3/p+1/b23-21-/t30-/m1/s1. The molecule has 8 nitrogen and oxygen atoms in total. The average molecular weight is 611 g/mol. The molecule has 0 aromatic rings. The van der Waals surface area contributed by atoms with Gasteiger partial charge in [0.2, 0.25) is 0 Å². The van der Waals surface area contributed by atoms with E-state index in [0.29, 0.717) is 17.6 Å². The van der Waals surface area contributed by atoms with Gasteiger partial charge in [-0.15, -0.1) is 0 Å². The average Bonchev–Trinajstić information content (AvgIpc) is 2.84. The molecule has 2 atom stereocenters. The number of unbranched alkanes of at least 4 members (excludes halogenated alkanes) is 12. The molecule has 0 radical (unpaired) electrons. The molecule has 0 aliphatic carbocycles. The number of ether oxygens (including phenoxy) is 3. The third kappa shape index (κ3) is 30.7. The third-order valence-corrected chi connectivity index (χ3v) is 9.21. The second-order valence-corrected chi connectivity index (χ2v) is 20.2. The SMILES string of the molecule is CCCCCCCCCCCCCC/C=C\OC[C@H](COP(=O)(O)OCC[N+](C)(C)C)OCOCC[Si](C)(C)C. The summed E-state index contributed by atoms with van der Waals surface area (Å²) in [5, 5.41) is 0. The van der Waals surface area contributed by atoms with Crippen LogP contribution >= 0.6 is 7.82 Å². The minimum Gasteiger partial charge on any atom is -0.499 e. The second kappa shape index (κ2) is 24.2. The molecule has 1 N–H and O–H groups in total. The van der Waals surface area contributed by atoms with Crippen molar-refractivity contribution in [3.63, 3.8) is 0 Å². The number of phosphoric ester groups is 1. The first-order valence-corrected chi connectivity index (χ1v) is 20.9. The fourth-order valence-electron chi connectivity index (χ4n) is 3.77. The van der Waals surface area contributed by atoms with Gasteiger partial charge in [-0.25, -0.2) is 4.57 Å². The lowest BCUT2D eigenvalue weighted by Crippen LogP contribution is -2.37. The molecule has 0 aliphatic rings. The Hall–Kier alpha value is -0.253. The van der Waals surface area contributed by atoms with Crippen LogP contribution in [0.3, 0.4) is 0 Å². The molecule has 0 aromatic carbocycles. The lowest BCUT2D eigenvalue weighted by Gasteiger charge is -2.24. The van der Waals surface area contributed by atoms with Gasteiger partial charge in [-0.1, -0.05) is 97.2 Å². The third-order valence-electron chi connectivity index (χ3n) is 6.52.